The standard InChI is InChI=1S/C14H14N6O4/c15-18-16-5-10-1-3-11(4-2-10)8-23-12-6-19-7-13(20(21)22)17-14(19)24-9-12/h1-4,7,12H,5-6,8-9H2. The summed E-state index contributed by atoms with van der Waals surface area (Å²) in [5.41, 5.74) is 10.2. The first-order chi connectivity index (χ1) is 11.7. The third kappa shape index (κ3) is 3.62. The third-order valence-electron chi connectivity index (χ3n) is 3.54. The number of aromatic nitrogens is 2. The van der Waals surface area contributed by atoms with Crippen molar-refractivity contribution >= 4 is 5.82 Å². The second-order valence-corrected chi connectivity index (χ2v) is 5.24. The van der Waals surface area contributed by atoms with Crippen molar-refractivity contribution in [3.05, 3.63) is 62.1 Å². The molecule has 1 aliphatic rings. The number of hydrogen-bond acceptors (Lipinski definition) is 6. The number of nitrogens with zero attached hydrogens (tertiary/aromatic N) is 6. The molecule has 24 heavy (non-hydrogen) atoms. The summed E-state index contributed by atoms with van der Waals surface area (Å²) >= 11 is 0. The van der Waals surface area contributed by atoms with E-state index in [1.807, 2.05) is 24.3 Å². The van der Waals surface area contributed by atoms with Gasteiger partial charge in [-0.3, -0.25) is 4.57 Å². The summed E-state index contributed by atoms with van der Waals surface area (Å²) < 4.78 is 12.8. The van der Waals surface area contributed by atoms with Crippen LogP contribution in [0.5, 0.6) is 6.01 Å². The number of azide groups is 1. The van der Waals surface area contributed by atoms with Gasteiger partial charge in [-0.25, -0.2) is 0 Å². The van der Waals surface area contributed by atoms with Crippen molar-refractivity contribution in [3.8, 4) is 6.01 Å². The maximum Gasteiger partial charge on any atom is 0.414 e. The molecule has 10 nitrogen and oxygen atoms in total. The van der Waals surface area contributed by atoms with Gasteiger partial charge in [0.25, 0.3) is 0 Å². The van der Waals surface area contributed by atoms with Crippen molar-refractivity contribution in [2.75, 3.05) is 6.61 Å². The molecule has 0 fully saturated rings. The fourth-order valence-corrected chi connectivity index (χ4v) is 2.33. The van der Waals surface area contributed by atoms with E-state index in [2.05, 4.69) is 15.0 Å². The Morgan fingerprint density at radius 3 is 2.92 bits per heavy atom. The second-order valence-electron chi connectivity index (χ2n) is 5.24. The minimum Gasteiger partial charge on any atom is -0.443 e. The molecule has 124 valence electrons. The van der Waals surface area contributed by atoms with E-state index in [-0.39, 0.29) is 17.9 Å². The lowest BCUT2D eigenvalue weighted by molar-refractivity contribution is -0.389. The van der Waals surface area contributed by atoms with Crippen molar-refractivity contribution in [2.45, 2.75) is 25.8 Å². The number of benzene rings is 1. The maximum atomic E-state index is 10.7. The van der Waals surface area contributed by atoms with Crippen molar-refractivity contribution in [1.82, 2.24) is 9.55 Å². The highest BCUT2D eigenvalue weighted by Crippen LogP contribution is 2.22. The zero-order chi connectivity index (χ0) is 16.9. The average Bonchev–Trinajstić information content (AvgIpc) is 3.02. The molecule has 1 aromatic heterocycles. The minimum absolute atomic E-state index is 0.214. The first-order valence-corrected chi connectivity index (χ1v) is 7.20. The van der Waals surface area contributed by atoms with E-state index in [4.69, 9.17) is 15.0 Å². The molecule has 0 N–H and O–H groups in total. The van der Waals surface area contributed by atoms with Gasteiger partial charge in [0.1, 0.15) is 18.9 Å². The lowest BCUT2D eigenvalue weighted by Gasteiger charge is -2.22. The van der Waals surface area contributed by atoms with Crippen LogP contribution in [-0.2, 0) is 24.4 Å². The molecule has 0 saturated heterocycles. The van der Waals surface area contributed by atoms with Gasteiger partial charge in [-0.05, 0) is 21.6 Å². The van der Waals surface area contributed by atoms with Gasteiger partial charge in [-0.15, -0.1) is 0 Å². The molecule has 1 unspecified atom stereocenters. The van der Waals surface area contributed by atoms with E-state index in [1.165, 1.54) is 6.20 Å². The second kappa shape index (κ2) is 6.99. The van der Waals surface area contributed by atoms with Crippen molar-refractivity contribution in [1.29, 1.82) is 0 Å². The lowest BCUT2D eigenvalue weighted by atomic mass is 10.1. The average molecular weight is 330 g/mol. The fraction of sp³-hybridized carbons (Fsp3) is 0.357. The summed E-state index contributed by atoms with van der Waals surface area (Å²) in [5, 5.41) is 14.2. The van der Waals surface area contributed by atoms with Gasteiger partial charge in [0.15, 0.2) is 0 Å². The Labute approximate surface area is 136 Å². The van der Waals surface area contributed by atoms with Gasteiger partial charge in [-0.2, -0.15) is 0 Å². The number of nitro groups is 1. The zero-order valence-electron chi connectivity index (χ0n) is 12.6. The van der Waals surface area contributed by atoms with Gasteiger partial charge >= 0.3 is 11.8 Å². The smallest absolute Gasteiger partial charge is 0.414 e. The molecule has 1 aliphatic heterocycles. The Kier molecular flexibility index (Phi) is 4.59. The molecule has 0 spiro atoms. The SMILES string of the molecule is [N-]=[N+]=NCc1ccc(COC2COc3nc([N+](=O)[O-])cn3C2)cc1. The first kappa shape index (κ1) is 15.8. The molecule has 2 heterocycles. The highest BCUT2D eigenvalue weighted by Gasteiger charge is 2.28. The highest BCUT2D eigenvalue weighted by atomic mass is 16.6. The zero-order valence-corrected chi connectivity index (χ0v) is 12.6. The topological polar surface area (TPSA) is 128 Å². The molecule has 10 heteroatoms. The van der Waals surface area contributed by atoms with Crippen LogP contribution in [0.15, 0.2) is 35.6 Å². The van der Waals surface area contributed by atoms with Gasteiger partial charge in [0.05, 0.1) is 19.7 Å². The Morgan fingerprint density at radius 1 is 1.46 bits per heavy atom. The summed E-state index contributed by atoms with van der Waals surface area (Å²) in [6.45, 7) is 1.45. The van der Waals surface area contributed by atoms with E-state index >= 15 is 0 Å². The Balaban J connectivity index is 1.55. The quantitative estimate of drug-likeness (QED) is 0.264. The van der Waals surface area contributed by atoms with E-state index in [9.17, 15) is 10.1 Å². The van der Waals surface area contributed by atoms with E-state index in [0.29, 0.717) is 26.3 Å². The van der Waals surface area contributed by atoms with Gasteiger partial charge in [-0.1, -0.05) is 29.4 Å². The first-order valence-electron chi connectivity index (χ1n) is 7.20. The number of rotatable bonds is 6. The number of hydrogen-bond donors (Lipinski definition) is 0. The van der Waals surface area contributed by atoms with Crippen molar-refractivity contribution in [3.63, 3.8) is 0 Å². The predicted molar refractivity (Wildman–Crippen MR) is 82.2 cm³/mol. The van der Waals surface area contributed by atoms with Gasteiger partial charge in [0, 0.05) is 9.90 Å². The molecule has 0 radical (unpaired) electrons. The van der Waals surface area contributed by atoms with Gasteiger partial charge < -0.3 is 19.6 Å². The largest absolute Gasteiger partial charge is 0.443 e. The van der Waals surface area contributed by atoms with E-state index < -0.39 is 4.92 Å². The van der Waals surface area contributed by atoms with Crippen LogP contribution < -0.4 is 4.74 Å². The van der Waals surface area contributed by atoms with E-state index in [0.717, 1.165) is 11.1 Å². The predicted octanol–water partition coefficient (Wildman–Crippen LogP) is 2.58. The van der Waals surface area contributed by atoms with Crippen LogP contribution in [0, 0.1) is 10.1 Å². The van der Waals surface area contributed by atoms with Crippen molar-refractivity contribution in [2.24, 2.45) is 5.11 Å². The molecule has 3 rings (SSSR count). The van der Waals surface area contributed by atoms with Crippen LogP contribution in [0.25, 0.3) is 10.4 Å². The summed E-state index contributed by atoms with van der Waals surface area (Å²) in [5.74, 6) is -0.235. The molecule has 1 atom stereocenters. The molecule has 0 aliphatic carbocycles. The third-order valence-corrected chi connectivity index (χ3v) is 3.54. The van der Waals surface area contributed by atoms with Crippen LogP contribution in [0.1, 0.15) is 11.1 Å². The summed E-state index contributed by atoms with van der Waals surface area (Å²) in [6.07, 6.45) is 1.13. The molecular weight excluding hydrogens is 316 g/mol. The monoisotopic (exact) mass is 330 g/mol. The van der Waals surface area contributed by atoms with Gasteiger partial charge in [0.2, 0.25) is 0 Å². The fourth-order valence-electron chi connectivity index (χ4n) is 2.33. The van der Waals surface area contributed by atoms with E-state index in [1.54, 1.807) is 4.57 Å². The van der Waals surface area contributed by atoms with Crippen LogP contribution in [0.2, 0.25) is 0 Å². The van der Waals surface area contributed by atoms with Crippen LogP contribution in [-0.4, -0.2) is 27.2 Å². The molecule has 1 aromatic carbocycles. The Hall–Kier alpha value is -3.10. The minimum atomic E-state index is -0.553. The number of ether oxygens (including phenoxy) is 2. The molecule has 2 aromatic rings. The summed E-state index contributed by atoms with van der Waals surface area (Å²) in [4.78, 5) is 16.7. The maximum absolute atomic E-state index is 10.7. The normalized spacial score (nSPS) is 15.9. The lowest BCUT2D eigenvalue weighted by Crippen LogP contribution is -2.32. The van der Waals surface area contributed by atoms with Crippen LogP contribution in [0.3, 0.4) is 0 Å². The van der Waals surface area contributed by atoms with Crippen LogP contribution >= 0.6 is 0 Å². The summed E-state index contributed by atoms with van der Waals surface area (Å²) in [7, 11) is 0. The Morgan fingerprint density at radius 2 is 2.21 bits per heavy atom. The Bertz CT molecular complexity index is 781. The number of fused-ring (bicyclic) bond motifs is 1. The number of imidazole rings is 1. The van der Waals surface area contributed by atoms with Crippen molar-refractivity contribution < 1.29 is 14.4 Å². The molecule has 0 bridgehead atoms. The summed E-state index contributed by atoms with van der Waals surface area (Å²) in [6, 6.07) is 7.80. The van der Waals surface area contributed by atoms with Crippen LogP contribution in [0.4, 0.5) is 5.82 Å². The molecule has 0 saturated carbocycles. The molecule has 0 amide bonds. The highest BCUT2D eigenvalue weighted by molar-refractivity contribution is 5.23. The molecular formula is C14H14N6O4.